The third kappa shape index (κ3) is 3.30. The molecule has 0 aliphatic rings. The largest absolute Gasteiger partial charge is 0.368 e. The van der Waals surface area contributed by atoms with Gasteiger partial charge in [-0.1, -0.05) is 48.0 Å². The van der Waals surface area contributed by atoms with Gasteiger partial charge in [0.1, 0.15) is 0 Å². The zero-order valence-corrected chi connectivity index (χ0v) is 9.93. The minimum absolute atomic E-state index is 0.251. The fourth-order valence-corrected chi connectivity index (χ4v) is 1.81. The summed E-state index contributed by atoms with van der Waals surface area (Å²) in [7, 11) is 0. The van der Waals surface area contributed by atoms with E-state index in [9.17, 15) is 0 Å². The second-order valence-electron chi connectivity index (χ2n) is 3.89. The Morgan fingerprint density at radius 3 is 1.76 bits per heavy atom. The van der Waals surface area contributed by atoms with Crippen LogP contribution >= 0.6 is 11.6 Å². The first-order valence-corrected chi connectivity index (χ1v) is 5.74. The van der Waals surface area contributed by atoms with Crippen molar-refractivity contribution in [3.63, 3.8) is 0 Å². The quantitative estimate of drug-likeness (QED) is 0.820. The Balaban J connectivity index is 2.20. The molecule has 0 saturated carbocycles. The van der Waals surface area contributed by atoms with Crippen LogP contribution in [0.4, 0.5) is 0 Å². The van der Waals surface area contributed by atoms with E-state index in [0.29, 0.717) is 5.02 Å². The lowest BCUT2D eigenvalue weighted by atomic mass is 10.0. The van der Waals surface area contributed by atoms with Crippen LogP contribution in [-0.2, 0) is 6.42 Å². The lowest BCUT2D eigenvalue weighted by molar-refractivity contribution is -0.0381. The van der Waals surface area contributed by atoms with Crippen molar-refractivity contribution in [2.24, 2.45) is 0 Å². The van der Waals surface area contributed by atoms with Crippen molar-refractivity contribution < 1.29 is 10.2 Å². The number of halogens is 1. The Bertz CT molecular complexity index is 475. The predicted molar refractivity (Wildman–Crippen MR) is 68.8 cm³/mol. The summed E-state index contributed by atoms with van der Waals surface area (Å²) < 4.78 is 0. The van der Waals surface area contributed by atoms with Gasteiger partial charge >= 0.3 is 0 Å². The van der Waals surface area contributed by atoms with E-state index in [4.69, 9.17) is 21.8 Å². The summed E-state index contributed by atoms with van der Waals surface area (Å²) in [6, 6.07) is 15.3. The van der Waals surface area contributed by atoms with Crippen molar-refractivity contribution in [3.8, 4) is 11.1 Å². The molecule has 17 heavy (non-hydrogen) atoms. The van der Waals surface area contributed by atoms with Gasteiger partial charge in [0, 0.05) is 11.4 Å². The smallest absolute Gasteiger partial charge is 0.155 e. The zero-order chi connectivity index (χ0) is 12.3. The molecule has 3 heteroatoms. The average molecular weight is 249 g/mol. The SMILES string of the molecule is OC(O)Cc1ccc(-c2ccc(Cl)cc2)cc1. The van der Waals surface area contributed by atoms with Crippen LogP contribution in [0.1, 0.15) is 5.56 Å². The van der Waals surface area contributed by atoms with E-state index in [1.807, 2.05) is 48.5 Å². The van der Waals surface area contributed by atoms with Crippen LogP contribution in [0, 0.1) is 0 Å². The molecule has 0 bridgehead atoms. The lowest BCUT2D eigenvalue weighted by Gasteiger charge is -2.06. The number of aliphatic hydroxyl groups is 2. The molecular weight excluding hydrogens is 236 g/mol. The zero-order valence-electron chi connectivity index (χ0n) is 9.18. The molecule has 0 heterocycles. The van der Waals surface area contributed by atoms with Crippen LogP contribution in [-0.4, -0.2) is 16.5 Å². The molecule has 0 aromatic heterocycles. The fourth-order valence-electron chi connectivity index (χ4n) is 1.69. The lowest BCUT2D eigenvalue weighted by Crippen LogP contribution is -2.07. The van der Waals surface area contributed by atoms with Crippen LogP contribution in [0.3, 0.4) is 0 Å². The van der Waals surface area contributed by atoms with Crippen LogP contribution in [0.15, 0.2) is 48.5 Å². The van der Waals surface area contributed by atoms with Gasteiger partial charge < -0.3 is 10.2 Å². The van der Waals surface area contributed by atoms with Crippen LogP contribution < -0.4 is 0 Å². The Hall–Kier alpha value is -1.35. The summed E-state index contributed by atoms with van der Waals surface area (Å²) in [6.45, 7) is 0. The van der Waals surface area contributed by atoms with Gasteiger partial charge in [-0.05, 0) is 28.8 Å². The van der Waals surface area contributed by atoms with E-state index in [0.717, 1.165) is 16.7 Å². The van der Waals surface area contributed by atoms with Crippen LogP contribution in [0.2, 0.25) is 5.02 Å². The highest BCUT2D eigenvalue weighted by molar-refractivity contribution is 6.30. The molecule has 0 radical (unpaired) electrons. The minimum atomic E-state index is -1.30. The molecule has 0 unspecified atom stereocenters. The van der Waals surface area contributed by atoms with E-state index >= 15 is 0 Å². The monoisotopic (exact) mass is 248 g/mol. The Kier molecular flexibility index (Phi) is 3.79. The first-order valence-electron chi connectivity index (χ1n) is 5.36. The van der Waals surface area contributed by atoms with Gasteiger partial charge in [-0.15, -0.1) is 0 Å². The molecule has 2 N–H and O–H groups in total. The number of hydrogen-bond acceptors (Lipinski definition) is 2. The number of benzene rings is 2. The van der Waals surface area contributed by atoms with Gasteiger partial charge in [0.05, 0.1) is 0 Å². The van der Waals surface area contributed by atoms with Crippen LogP contribution in [0.25, 0.3) is 11.1 Å². The van der Waals surface area contributed by atoms with E-state index in [-0.39, 0.29) is 6.42 Å². The van der Waals surface area contributed by atoms with Crippen molar-refractivity contribution >= 4 is 11.6 Å². The Morgan fingerprint density at radius 1 is 0.824 bits per heavy atom. The molecule has 0 aliphatic heterocycles. The average Bonchev–Trinajstić information content (AvgIpc) is 2.30. The van der Waals surface area contributed by atoms with Gasteiger partial charge in [-0.25, -0.2) is 0 Å². The number of rotatable bonds is 3. The standard InChI is InChI=1S/C14H13ClO2/c15-13-7-5-12(6-8-13)11-3-1-10(2-4-11)9-14(16)17/h1-8,14,16-17H,9H2. The topological polar surface area (TPSA) is 40.5 Å². The predicted octanol–water partition coefficient (Wildman–Crippen LogP) is 2.86. The van der Waals surface area contributed by atoms with Crippen LogP contribution in [0.5, 0.6) is 0 Å². The van der Waals surface area contributed by atoms with Crippen molar-refractivity contribution in [3.05, 3.63) is 59.1 Å². The first kappa shape index (κ1) is 12.1. The molecule has 0 amide bonds. The maximum Gasteiger partial charge on any atom is 0.155 e. The summed E-state index contributed by atoms with van der Waals surface area (Å²) in [5.74, 6) is 0. The van der Waals surface area contributed by atoms with E-state index in [1.54, 1.807) is 0 Å². The number of aliphatic hydroxyl groups excluding tert-OH is 1. The van der Waals surface area contributed by atoms with Gasteiger partial charge in [0.25, 0.3) is 0 Å². The molecule has 0 saturated heterocycles. The summed E-state index contributed by atoms with van der Waals surface area (Å²) in [6.07, 6.45) is -1.04. The Morgan fingerprint density at radius 2 is 1.29 bits per heavy atom. The second-order valence-corrected chi connectivity index (χ2v) is 4.32. The van der Waals surface area contributed by atoms with Gasteiger partial charge in [0.2, 0.25) is 0 Å². The van der Waals surface area contributed by atoms with Gasteiger partial charge in [-0.3, -0.25) is 0 Å². The molecule has 0 aliphatic carbocycles. The molecule has 0 spiro atoms. The maximum atomic E-state index is 8.86. The first-order chi connectivity index (χ1) is 8.15. The second kappa shape index (κ2) is 5.32. The summed E-state index contributed by atoms with van der Waals surface area (Å²) in [5.41, 5.74) is 3.07. The van der Waals surface area contributed by atoms with Gasteiger partial charge in [0.15, 0.2) is 6.29 Å². The fraction of sp³-hybridized carbons (Fsp3) is 0.143. The molecule has 2 nitrogen and oxygen atoms in total. The normalized spacial score (nSPS) is 10.8. The van der Waals surface area contributed by atoms with E-state index in [1.165, 1.54) is 0 Å². The summed E-state index contributed by atoms with van der Waals surface area (Å²) in [4.78, 5) is 0. The van der Waals surface area contributed by atoms with Crippen molar-refractivity contribution in [1.82, 2.24) is 0 Å². The molecule has 2 rings (SSSR count). The van der Waals surface area contributed by atoms with Crippen molar-refractivity contribution in [1.29, 1.82) is 0 Å². The summed E-state index contributed by atoms with van der Waals surface area (Å²) in [5, 5.41) is 18.4. The third-order valence-electron chi connectivity index (χ3n) is 2.55. The highest BCUT2D eigenvalue weighted by atomic mass is 35.5. The van der Waals surface area contributed by atoms with E-state index in [2.05, 4.69) is 0 Å². The van der Waals surface area contributed by atoms with Crippen molar-refractivity contribution in [2.45, 2.75) is 12.7 Å². The molecular formula is C14H13ClO2. The summed E-state index contributed by atoms with van der Waals surface area (Å²) >= 11 is 5.83. The highest BCUT2D eigenvalue weighted by Gasteiger charge is 2.01. The molecule has 2 aromatic rings. The molecule has 0 atom stereocenters. The van der Waals surface area contributed by atoms with Gasteiger partial charge in [-0.2, -0.15) is 0 Å². The Labute approximate surface area is 105 Å². The van der Waals surface area contributed by atoms with E-state index < -0.39 is 6.29 Å². The molecule has 0 fully saturated rings. The maximum absolute atomic E-state index is 8.86. The molecule has 2 aromatic carbocycles. The minimum Gasteiger partial charge on any atom is -0.368 e. The molecule has 88 valence electrons. The number of hydrogen-bond donors (Lipinski definition) is 2. The third-order valence-corrected chi connectivity index (χ3v) is 2.80. The van der Waals surface area contributed by atoms with Crippen molar-refractivity contribution in [2.75, 3.05) is 0 Å². The highest BCUT2D eigenvalue weighted by Crippen LogP contribution is 2.22.